The van der Waals surface area contributed by atoms with E-state index in [0.717, 1.165) is 24.6 Å². The highest BCUT2D eigenvalue weighted by atomic mass is 15.2. The van der Waals surface area contributed by atoms with Crippen molar-refractivity contribution in [2.24, 2.45) is 0 Å². The van der Waals surface area contributed by atoms with Crippen molar-refractivity contribution >= 4 is 5.69 Å². The van der Waals surface area contributed by atoms with Crippen molar-refractivity contribution in [1.82, 2.24) is 14.5 Å². The minimum atomic E-state index is 0.468. The summed E-state index contributed by atoms with van der Waals surface area (Å²) in [6, 6.07) is 6.30. The van der Waals surface area contributed by atoms with Crippen LogP contribution in [0.2, 0.25) is 0 Å². The molecule has 1 atom stereocenters. The number of imidazole rings is 1. The first-order valence-corrected chi connectivity index (χ1v) is 6.88. The van der Waals surface area contributed by atoms with Gasteiger partial charge in [-0.05, 0) is 31.9 Å². The predicted octanol–water partition coefficient (Wildman–Crippen LogP) is 2.13. The Morgan fingerprint density at radius 3 is 2.95 bits per heavy atom. The van der Waals surface area contributed by atoms with E-state index < -0.39 is 0 Å². The maximum atomic E-state index is 8.81. The summed E-state index contributed by atoms with van der Waals surface area (Å²) in [7, 11) is 0. The molecule has 1 saturated heterocycles. The first-order chi connectivity index (χ1) is 9.78. The number of hydrogen-bond acceptors (Lipinski definition) is 4. The van der Waals surface area contributed by atoms with Gasteiger partial charge in [-0.15, -0.1) is 0 Å². The van der Waals surface area contributed by atoms with Gasteiger partial charge in [0.05, 0.1) is 11.9 Å². The van der Waals surface area contributed by atoms with Crippen LogP contribution in [-0.2, 0) is 6.54 Å². The molecule has 1 aliphatic heterocycles. The summed E-state index contributed by atoms with van der Waals surface area (Å²) in [5.74, 6) is 1.05. The number of rotatable bonds is 3. The average Bonchev–Trinajstić information content (AvgIpc) is 3.09. The highest BCUT2D eigenvalue weighted by molar-refractivity contribution is 5.47. The molecule has 0 unspecified atom stereocenters. The molecule has 1 aliphatic rings. The minimum absolute atomic E-state index is 0.468. The van der Waals surface area contributed by atoms with Gasteiger partial charge in [-0.3, -0.25) is 0 Å². The molecule has 0 spiro atoms. The van der Waals surface area contributed by atoms with Gasteiger partial charge in [0, 0.05) is 31.5 Å². The number of aryl methyl sites for hydroxylation is 1. The molecule has 20 heavy (non-hydrogen) atoms. The lowest BCUT2D eigenvalue weighted by molar-refractivity contribution is 0.540. The molecule has 2 aromatic rings. The lowest BCUT2D eigenvalue weighted by atomic mass is 10.2. The van der Waals surface area contributed by atoms with Crippen LogP contribution >= 0.6 is 0 Å². The topological polar surface area (TPSA) is 57.7 Å². The third kappa shape index (κ3) is 2.37. The van der Waals surface area contributed by atoms with Gasteiger partial charge in [-0.1, -0.05) is 0 Å². The lowest BCUT2D eigenvalue weighted by Crippen LogP contribution is -2.33. The standard InChI is InChI=1S/C15H17N5/c1-12-17-6-8-19(12)11-15-3-2-7-20(15)14-5-4-13(9-16)18-10-14/h4-6,8,10,15H,2-3,7,11H2,1H3/t15-/m1/s1. The van der Waals surface area contributed by atoms with Crippen LogP contribution in [0.15, 0.2) is 30.7 Å². The molecular formula is C15H17N5. The number of anilines is 1. The highest BCUT2D eigenvalue weighted by Gasteiger charge is 2.25. The van der Waals surface area contributed by atoms with Crippen LogP contribution in [0.25, 0.3) is 0 Å². The molecule has 0 N–H and O–H groups in total. The Hall–Kier alpha value is -2.35. The Kier molecular flexibility index (Phi) is 3.38. The first kappa shape index (κ1) is 12.7. The molecule has 3 rings (SSSR count). The molecule has 2 aromatic heterocycles. The molecule has 1 fully saturated rings. The number of nitriles is 1. The van der Waals surface area contributed by atoms with Crippen molar-refractivity contribution in [3.63, 3.8) is 0 Å². The second-order valence-electron chi connectivity index (χ2n) is 5.13. The smallest absolute Gasteiger partial charge is 0.140 e. The Morgan fingerprint density at radius 2 is 2.30 bits per heavy atom. The van der Waals surface area contributed by atoms with E-state index >= 15 is 0 Å². The van der Waals surface area contributed by atoms with E-state index in [9.17, 15) is 0 Å². The normalized spacial score (nSPS) is 18.2. The number of hydrogen-bond donors (Lipinski definition) is 0. The molecule has 0 aliphatic carbocycles. The van der Waals surface area contributed by atoms with E-state index in [1.54, 1.807) is 12.3 Å². The summed E-state index contributed by atoms with van der Waals surface area (Å²) >= 11 is 0. The maximum Gasteiger partial charge on any atom is 0.140 e. The number of nitrogens with zero attached hydrogens (tertiary/aromatic N) is 5. The summed E-state index contributed by atoms with van der Waals surface area (Å²) in [5, 5.41) is 8.81. The van der Waals surface area contributed by atoms with Crippen LogP contribution in [0.3, 0.4) is 0 Å². The summed E-state index contributed by atoms with van der Waals surface area (Å²) < 4.78 is 2.19. The Bertz CT molecular complexity index is 622. The molecule has 0 saturated carbocycles. The fourth-order valence-corrected chi connectivity index (χ4v) is 2.81. The average molecular weight is 267 g/mol. The Labute approximate surface area is 118 Å². The molecule has 5 heteroatoms. The summed E-state index contributed by atoms with van der Waals surface area (Å²) in [6.07, 6.45) is 8.05. The predicted molar refractivity (Wildman–Crippen MR) is 76.3 cm³/mol. The fraction of sp³-hybridized carbons (Fsp3) is 0.400. The van der Waals surface area contributed by atoms with E-state index in [4.69, 9.17) is 5.26 Å². The van der Waals surface area contributed by atoms with Crippen molar-refractivity contribution < 1.29 is 0 Å². The highest BCUT2D eigenvalue weighted by Crippen LogP contribution is 2.26. The zero-order valence-corrected chi connectivity index (χ0v) is 11.5. The van der Waals surface area contributed by atoms with Crippen molar-refractivity contribution in [2.75, 3.05) is 11.4 Å². The van der Waals surface area contributed by atoms with Gasteiger partial charge >= 0.3 is 0 Å². The van der Waals surface area contributed by atoms with Crippen LogP contribution in [0.5, 0.6) is 0 Å². The molecule has 0 bridgehead atoms. The molecule has 0 amide bonds. The van der Waals surface area contributed by atoms with Crippen molar-refractivity contribution in [2.45, 2.75) is 32.4 Å². The van der Waals surface area contributed by atoms with Crippen LogP contribution in [-0.4, -0.2) is 27.1 Å². The van der Waals surface area contributed by atoms with Crippen LogP contribution in [0, 0.1) is 18.3 Å². The monoisotopic (exact) mass is 267 g/mol. The van der Waals surface area contributed by atoms with E-state index in [0.29, 0.717) is 11.7 Å². The summed E-state index contributed by atoms with van der Waals surface area (Å²) in [6.45, 7) is 4.03. The molecule has 5 nitrogen and oxygen atoms in total. The first-order valence-electron chi connectivity index (χ1n) is 6.88. The van der Waals surface area contributed by atoms with E-state index in [-0.39, 0.29) is 0 Å². The van der Waals surface area contributed by atoms with Crippen molar-refractivity contribution in [1.29, 1.82) is 5.26 Å². The van der Waals surface area contributed by atoms with Crippen LogP contribution in [0.4, 0.5) is 5.69 Å². The molecule has 3 heterocycles. The van der Waals surface area contributed by atoms with Crippen molar-refractivity contribution in [3.05, 3.63) is 42.2 Å². The van der Waals surface area contributed by atoms with Gasteiger partial charge in [0.1, 0.15) is 17.6 Å². The van der Waals surface area contributed by atoms with E-state index in [2.05, 4.69) is 25.5 Å². The van der Waals surface area contributed by atoms with Crippen LogP contribution < -0.4 is 4.90 Å². The molecular weight excluding hydrogens is 250 g/mol. The van der Waals surface area contributed by atoms with Gasteiger partial charge in [0.2, 0.25) is 0 Å². The summed E-state index contributed by atoms with van der Waals surface area (Å²) in [5.41, 5.74) is 1.57. The van der Waals surface area contributed by atoms with Crippen LogP contribution in [0.1, 0.15) is 24.4 Å². The van der Waals surface area contributed by atoms with Gasteiger partial charge in [0.25, 0.3) is 0 Å². The SMILES string of the molecule is Cc1nccn1C[C@H]1CCCN1c1ccc(C#N)nc1. The van der Waals surface area contributed by atoms with Crippen molar-refractivity contribution in [3.8, 4) is 6.07 Å². The number of pyridine rings is 1. The molecule has 102 valence electrons. The molecule has 0 aromatic carbocycles. The quantitative estimate of drug-likeness (QED) is 0.854. The molecule has 0 radical (unpaired) electrons. The second kappa shape index (κ2) is 5.33. The fourth-order valence-electron chi connectivity index (χ4n) is 2.81. The number of aromatic nitrogens is 3. The zero-order chi connectivity index (χ0) is 13.9. The van der Waals surface area contributed by atoms with Gasteiger partial charge in [-0.25, -0.2) is 9.97 Å². The summed E-state index contributed by atoms with van der Waals surface area (Å²) in [4.78, 5) is 10.8. The maximum absolute atomic E-state index is 8.81. The van der Waals surface area contributed by atoms with Gasteiger partial charge in [-0.2, -0.15) is 5.26 Å². The van der Waals surface area contributed by atoms with E-state index in [1.165, 1.54) is 12.8 Å². The minimum Gasteiger partial charge on any atom is -0.366 e. The Morgan fingerprint density at radius 1 is 1.40 bits per heavy atom. The van der Waals surface area contributed by atoms with E-state index in [1.807, 2.05) is 25.4 Å². The lowest BCUT2D eigenvalue weighted by Gasteiger charge is -2.27. The van der Waals surface area contributed by atoms with Gasteiger partial charge < -0.3 is 9.47 Å². The second-order valence-corrected chi connectivity index (χ2v) is 5.13. The Balaban J connectivity index is 1.78. The third-order valence-corrected chi connectivity index (χ3v) is 3.90. The zero-order valence-electron chi connectivity index (χ0n) is 11.5. The third-order valence-electron chi connectivity index (χ3n) is 3.90. The van der Waals surface area contributed by atoms with Gasteiger partial charge in [0.15, 0.2) is 0 Å². The largest absolute Gasteiger partial charge is 0.366 e.